The highest BCUT2D eigenvalue weighted by molar-refractivity contribution is 8.00. The fourth-order valence-corrected chi connectivity index (χ4v) is 4.18. The highest BCUT2D eigenvalue weighted by atomic mass is 32.2. The van der Waals surface area contributed by atoms with Crippen LogP contribution in [-0.4, -0.2) is 25.8 Å². The first-order valence-corrected chi connectivity index (χ1v) is 10.6. The quantitative estimate of drug-likeness (QED) is 0.291. The Morgan fingerprint density at radius 2 is 1.97 bits per heavy atom. The number of carbonyl (C=O) groups excluding carboxylic acids is 1. The molecule has 0 spiro atoms. The molecule has 4 rings (SSSR count). The second-order valence-corrected chi connectivity index (χ2v) is 8.61. The molecule has 30 heavy (non-hydrogen) atoms. The van der Waals surface area contributed by atoms with Gasteiger partial charge >= 0.3 is 0 Å². The van der Waals surface area contributed by atoms with E-state index in [0.29, 0.717) is 23.2 Å². The van der Waals surface area contributed by atoms with Crippen molar-refractivity contribution in [3.8, 4) is 11.5 Å². The van der Waals surface area contributed by atoms with Gasteiger partial charge in [-0.2, -0.15) is 0 Å². The molecule has 0 bridgehead atoms. The Hall–Kier alpha value is -3.06. The maximum atomic E-state index is 13.1. The summed E-state index contributed by atoms with van der Waals surface area (Å²) in [5, 5.41) is 8.27. The number of furan rings is 1. The van der Waals surface area contributed by atoms with Gasteiger partial charge in [-0.15, -0.1) is 10.2 Å². The minimum Gasteiger partial charge on any atom is -0.467 e. The third-order valence-electron chi connectivity index (χ3n) is 5.05. The monoisotopic (exact) mass is 421 g/mol. The molecule has 0 N–H and O–H groups in total. The molecule has 0 saturated heterocycles. The number of Topliss-reactive ketones (excluding diaryl/α,β-unsaturated/α-hetero) is 1. The number of ketones is 1. The van der Waals surface area contributed by atoms with Gasteiger partial charge in [0, 0.05) is 22.5 Å². The van der Waals surface area contributed by atoms with Crippen molar-refractivity contribution >= 4 is 17.5 Å². The van der Waals surface area contributed by atoms with Crippen LogP contribution in [0.25, 0.3) is 11.5 Å². The number of benzene rings is 1. The van der Waals surface area contributed by atoms with E-state index in [-0.39, 0.29) is 11.0 Å². The zero-order valence-electron chi connectivity index (χ0n) is 17.4. The number of nitrogens with zero attached hydrogens (tertiary/aromatic N) is 3. The lowest BCUT2D eigenvalue weighted by Gasteiger charge is -2.10. The predicted molar refractivity (Wildman–Crippen MR) is 116 cm³/mol. The van der Waals surface area contributed by atoms with Crippen LogP contribution in [0.2, 0.25) is 0 Å². The van der Waals surface area contributed by atoms with Crippen molar-refractivity contribution in [1.82, 2.24) is 14.8 Å². The molecule has 6 nitrogen and oxygen atoms in total. The summed E-state index contributed by atoms with van der Waals surface area (Å²) in [4.78, 5) is 13.1. The van der Waals surface area contributed by atoms with Crippen molar-refractivity contribution < 1.29 is 13.6 Å². The van der Waals surface area contributed by atoms with Gasteiger partial charge in [0.15, 0.2) is 5.78 Å². The Morgan fingerprint density at radius 1 is 1.13 bits per heavy atom. The topological polar surface area (TPSA) is 74.1 Å². The molecule has 0 amide bonds. The van der Waals surface area contributed by atoms with Crippen LogP contribution >= 0.6 is 11.8 Å². The minimum absolute atomic E-state index is 0.0362. The fourth-order valence-electron chi connectivity index (χ4n) is 3.43. The molecule has 154 valence electrons. The molecule has 0 aliphatic heterocycles. The van der Waals surface area contributed by atoms with Crippen molar-refractivity contribution in [2.75, 3.05) is 0 Å². The van der Waals surface area contributed by atoms with Crippen LogP contribution in [0.4, 0.5) is 0 Å². The van der Waals surface area contributed by atoms with Gasteiger partial charge in [-0.1, -0.05) is 29.5 Å². The normalized spacial score (nSPS) is 12.3. The lowest BCUT2D eigenvalue weighted by atomic mass is 10.1. The maximum absolute atomic E-state index is 13.1. The number of hydrogen-bond donors (Lipinski definition) is 0. The van der Waals surface area contributed by atoms with Crippen LogP contribution in [0.15, 0.2) is 62.8 Å². The van der Waals surface area contributed by atoms with Crippen LogP contribution in [-0.2, 0) is 6.54 Å². The number of hydrogen-bond acceptors (Lipinski definition) is 6. The number of aryl methyl sites for hydroxylation is 2. The third kappa shape index (κ3) is 4.11. The molecule has 0 fully saturated rings. The van der Waals surface area contributed by atoms with E-state index in [1.54, 1.807) is 6.26 Å². The second-order valence-electron chi connectivity index (χ2n) is 7.32. The largest absolute Gasteiger partial charge is 0.467 e. The van der Waals surface area contributed by atoms with Gasteiger partial charge in [0.25, 0.3) is 5.22 Å². The van der Waals surface area contributed by atoms with Gasteiger partial charge in [-0.3, -0.25) is 4.79 Å². The maximum Gasteiger partial charge on any atom is 0.277 e. The Morgan fingerprint density at radius 3 is 2.70 bits per heavy atom. The summed E-state index contributed by atoms with van der Waals surface area (Å²) in [6, 6.07) is 13.6. The molecular formula is C23H23N3O3S. The van der Waals surface area contributed by atoms with Gasteiger partial charge in [-0.25, -0.2) is 0 Å². The van der Waals surface area contributed by atoms with Crippen LogP contribution in [0.5, 0.6) is 0 Å². The molecule has 0 saturated carbocycles. The zero-order chi connectivity index (χ0) is 21.3. The van der Waals surface area contributed by atoms with E-state index in [4.69, 9.17) is 8.83 Å². The zero-order valence-corrected chi connectivity index (χ0v) is 18.2. The van der Waals surface area contributed by atoms with E-state index >= 15 is 0 Å². The fraction of sp³-hybridized carbons (Fsp3) is 0.261. The average molecular weight is 422 g/mol. The predicted octanol–water partition coefficient (Wildman–Crippen LogP) is 5.47. The third-order valence-corrected chi connectivity index (χ3v) is 5.99. The average Bonchev–Trinajstić information content (AvgIpc) is 3.45. The van der Waals surface area contributed by atoms with Crippen LogP contribution in [0, 0.1) is 20.8 Å². The lowest BCUT2D eigenvalue weighted by molar-refractivity contribution is 0.0993. The minimum atomic E-state index is -0.353. The van der Waals surface area contributed by atoms with Crippen LogP contribution < -0.4 is 0 Å². The number of aromatic nitrogens is 3. The summed E-state index contributed by atoms with van der Waals surface area (Å²) in [7, 11) is 0. The van der Waals surface area contributed by atoms with Crippen LogP contribution in [0.3, 0.4) is 0 Å². The van der Waals surface area contributed by atoms with Crippen molar-refractivity contribution in [1.29, 1.82) is 0 Å². The van der Waals surface area contributed by atoms with Crippen molar-refractivity contribution in [2.24, 2.45) is 0 Å². The van der Waals surface area contributed by atoms with E-state index < -0.39 is 0 Å². The number of rotatable bonds is 7. The molecule has 0 aliphatic carbocycles. The molecule has 7 heteroatoms. The molecular weight excluding hydrogens is 398 g/mol. The van der Waals surface area contributed by atoms with Gasteiger partial charge in [0.1, 0.15) is 5.76 Å². The summed E-state index contributed by atoms with van der Waals surface area (Å²) in [5.74, 6) is 1.35. The first kappa shape index (κ1) is 20.2. The molecule has 3 aromatic heterocycles. The first-order valence-electron chi connectivity index (χ1n) is 9.73. The summed E-state index contributed by atoms with van der Waals surface area (Å²) in [6.45, 7) is 8.43. The molecule has 0 radical (unpaired) electrons. The molecule has 4 aromatic rings. The molecule has 1 atom stereocenters. The van der Waals surface area contributed by atoms with Crippen molar-refractivity contribution in [3.05, 3.63) is 77.0 Å². The highest BCUT2D eigenvalue weighted by Crippen LogP contribution is 2.29. The molecule has 0 unspecified atom stereocenters. The van der Waals surface area contributed by atoms with E-state index in [0.717, 1.165) is 28.3 Å². The van der Waals surface area contributed by atoms with Crippen molar-refractivity contribution in [2.45, 2.75) is 44.7 Å². The Balaban J connectivity index is 1.49. The van der Waals surface area contributed by atoms with Gasteiger partial charge < -0.3 is 13.4 Å². The number of carbonyl (C=O) groups is 1. The van der Waals surface area contributed by atoms with Crippen molar-refractivity contribution in [3.63, 3.8) is 0 Å². The standard InChI is InChI=1S/C23H23N3O3S/c1-14-7-5-8-18(11-14)22-24-25-23(29-22)30-17(4)21(27)20-12-15(2)26(16(20)3)13-19-9-6-10-28-19/h5-12,17H,13H2,1-4H3/t17-/m0/s1. The van der Waals surface area contributed by atoms with E-state index in [1.165, 1.54) is 11.8 Å². The van der Waals surface area contributed by atoms with E-state index in [9.17, 15) is 4.79 Å². The SMILES string of the molecule is Cc1cccc(-c2nnc(S[C@@H](C)C(=O)c3cc(C)n(Cc4ccco4)c3C)o2)c1. The summed E-state index contributed by atoms with van der Waals surface area (Å²) >= 11 is 1.28. The van der Waals surface area contributed by atoms with Gasteiger partial charge in [0.05, 0.1) is 18.1 Å². The Labute approximate surface area is 179 Å². The lowest BCUT2D eigenvalue weighted by Crippen LogP contribution is -2.15. The molecule has 1 aromatic carbocycles. The number of thioether (sulfide) groups is 1. The second kappa shape index (κ2) is 8.36. The Kier molecular flexibility index (Phi) is 5.63. The van der Waals surface area contributed by atoms with Gasteiger partial charge in [0.2, 0.25) is 5.89 Å². The summed E-state index contributed by atoms with van der Waals surface area (Å²) in [5.41, 5.74) is 4.64. The first-order chi connectivity index (χ1) is 14.4. The van der Waals surface area contributed by atoms with E-state index in [1.807, 2.05) is 70.2 Å². The summed E-state index contributed by atoms with van der Waals surface area (Å²) < 4.78 is 13.3. The van der Waals surface area contributed by atoms with Crippen LogP contribution in [0.1, 0.15) is 40.0 Å². The highest BCUT2D eigenvalue weighted by Gasteiger charge is 2.24. The molecule has 0 aliphatic rings. The summed E-state index contributed by atoms with van der Waals surface area (Å²) in [6.07, 6.45) is 1.66. The Bertz CT molecular complexity index is 1170. The molecule has 3 heterocycles. The van der Waals surface area contributed by atoms with Gasteiger partial charge in [-0.05, 0) is 58.0 Å². The smallest absolute Gasteiger partial charge is 0.277 e. The van der Waals surface area contributed by atoms with E-state index in [2.05, 4.69) is 14.8 Å².